The molecule has 0 fully saturated rings. The van der Waals surface area contributed by atoms with Crippen molar-refractivity contribution in [3.05, 3.63) is 65.2 Å². The molecule has 6 nitrogen and oxygen atoms in total. The SMILES string of the molecule is N#Cc1ccc(/C(C=N)=C(\O)Nc2ccc(C=O)cn2)cc1. The fourth-order valence-electron chi connectivity index (χ4n) is 1.75. The Morgan fingerprint density at radius 2 is 2.00 bits per heavy atom. The lowest BCUT2D eigenvalue weighted by molar-refractivity contribution is 0.112. The molecule has 0 spiro atoms. The van der Waals surface area contributed by atoms with Crippen LogP contribution in [0.5, 0.6) is 0 Å². The van der Waals surface area contributed by atoms with Gasteiger partial charge in [-0.1, -0.05) is 12.1 Å². The summed E-state index contributed by atoms with van der Waals surface area (Å²) in [5, 5.41) is 29.0. The quantitative estimate of drug-likeness (QED) is 0.446. The van der Waals surface area contributed by atoms with Gasteiger partial charge < -0.3 is 15.8 Å². The number of hydrogen-bond donors (Lipinski definition) is 3. The second-order valence-electron chi connectivity index (χ2n) is 4.32. The highest BCUT2D eigenvalue weighted by Crippen LogP contribution is 2.17. The summed E-state index contributed by atoms with van der Waals surface area (Å²) in [7, 11) is 0. The molecule has 2 rings (SSSR count). The van der Waals surface area contributed by atoms with Gasteiger partial charge in [0.1, 0.15) is 5.82 Å². The molecule has 0 radical (unpaired) electrons. The molecule has 108 valence electrons. The van der Waals surface area contributed by atoms with Gasteiger partial charge in [0.05, 0.1) is 17.2 Å². The standard InChI is InChI=1S/C16H12N4O2/c17-7-11-1-4-13(5-2-11)14(8-18)16(22)20-15-6-3-12(10-21)9-19-15/h1-6,8-10,18,22H,(H,19,20)/b16-14-,18-8?. The lowest BCUT2D eigenvalue weighted by Crippen LogP contribution is -2.05. The van der Waals surface area contributed by atoms with Crippen molar-refractivity contribution in [1.82, 2.24) is 4.98 Å². The van der Waals surface area contributed by atoms with E-state index in [0.29, 0.717) is 28.8 Å². The average molecular weight is 292 g/mol. The molecular weight excluding hydrogens is 280 g/mol. The molecule has 22 heavy (non-hydrogen) atoms. The van der Waals surface area contributed by atoms with Crippen LogP contribution in [0.15, 0.2) is 48.5 Å². The van der Waals surface area contributed by atoms with Crippen molar-refractivity contribution < 1.29 is 9.90 Å². The first-order chi connectivity index (χ1) is 10.7. The van der Waals surface area contributed by atoms with Gasteiger partial charge in [0.25, 0.3) is 0 Å². The van der Waals surface area contributed by atoms with Gasteiger partial charge in [-0.3, -0.25) is 4.79 Å². The Balaban J connectivity index is 2.29. The number of benzene rings is 1. The summed E-state index contributed by atoms with van der Waals surface area (Å²) in [5.74, 6) is 0.0992. The maximum atomic E-state index is 10.6. The number of nitrogens with one attached hydrogen (secondary N) is 2. The second-order valence-corrected chi connectivity index (χ2v) is 4.32. The average Bonchev–Trinajstić information content (AvgIpc) is 2.57. The zero-order valence-electron chi connectivity index (χ0n) is 11.4. The molecule has 0 aliphatic rings. The van der Waals surface area contributed by atoms with Crippen LogP contribution in [0.3, 0.4) is 0 Å². The third-order valence-corrected chi connectivity index (χ3v) is 2.89. The molecule has 3 N–H and O–H groups in total. The zero-order valence-corrected chi connectivity index (χ0v) is 11.4. The molecule has 1 heterocycles. The molecule has 2 aromatic rings. The molecule has 1 aromatic carbocycles. The number of carbonyl (C=O) groups excluding carboxylic acids is 1. The van der Waals surface area contributed by atoms with Crippen molar-refractivity contribution in [1.29, 1.82) is 10.7 Å². The van der Waals surface area contributed by atoms with Crippen molar-refractivity contribution in [3.63, 3.8) is 0 Å². The number of pyridine rings is 1. The van der Waals surface area contributed by atoms with E-state index in [0.717, 1.165) is 6.21 Å². The number of aliphatic hydroxyl groups is 1. The molecule has 6 heteroatoms. The van der Waals surface area contributed by atoms with E-state index in [2.05, 4.69) is 10.3 Å². The van der Waals surface area contributed by atoms with Gasteiger partial charge >= 0.3 is 0 Å². The van der Waals surface area contributed by atoms with Crippen LogP contribution in [0.1, 0.15) is 21.5 Å². The molecule has 0 amide bonds. The van der Waals surface area contributed by atoms with E-state index in [-0.39, 0.29) is 11.5 Å². The zero-order chi connectivity index (χ0) is 15.9. The Labute approximate surface area is 126 Å². The van der Waals surface area contributed by atoms with Gasteiger partial charge in [-0.15, -0.1) is 0 Å². The van der Waals surface area contributed by atoms with Crippen molar-refractivity contribution in [2.45, 2.75) is 0 Å². The number of nitrogens with zero attached hydrogens (tertiary/aromatic N) is 2. The highest BCUT2D eigenvalue weighted by atomic mass is 16.3. The van der Waals surface area contributed by atoms with Crippen LogP contribution in [0, 0.1) is 16.7 Å². The maximum Gasteiger partial charge on any atom is 0.199 e. The predicted octanol–water partition coefficient (Wildman–Crippen LogP) is 2.75. The van der Waals surface area contributed by atoms with Crippen molar-refractivity contribution >= 4 is 23.9 Å². The van der Waals surface area contributed by atoms with Crippen molar-refractivity contribution in [2.24, 2.45) is 0 Å². The van der Waals surface area contributed by atoms with E-state index in [4.69, 9.17) is 10.7 Å². The molecule has 0 aliphatic heterocycles. The summed E-state index contributed by atoms with van der Waals surface area (Å²) in [6.07, 6.45) is 3.05. The van der Waals surface area contributed by atoms with E-state index in [1.165, 1.54) is 6.20 Å². The van der Waals surface area contributed by atoms with Crippen LogP contribution >= 0.6 is 0 Å². The molecule has 0 bridgehead atoms. The van der Waals surface area contributed by atoms with E-state index in [9.17, 15) is 9.90 Å². The normalized spacial score (nSPS) is 11.0. The summed E-state index contributed by atoms with van der Waals surface area (Å²) in [5.41, 5.74) is 1.76. The van der Waals surface area contributed by atoms with Gasteiger partial charge in [0, 0.05) is 18.0 Å². The summed E-state index contributed by atoms with van der Waals surface area (Å²) < 4.78 is 0. The molecule has 0 aliphatic carbocycles. The summed E-state index contributed by atoms with van der Waals surface area (Å²) >= 11 is 0. The molecule has 0 saturated heterocycles. The number of aldehydes is 1. The minimum atomic E-state index is -0.244. The highest BCUT2D eigenvalue weighted by Gasteiger charge is 2.07. The van der Waals surface area contributed by atoms with Crippen molar-refractivity contribution in [2.75, 3.05) is 5.32 Å². The Bertz CT molecular complexity index is 756. The minimum Gasteiger partial charge on any atom is -0.494 e. The minimum absolute atomic E-state index is 0.244. The Morgan fingerprint density at radius 3 is 2.50 bits per heavy atom. The van der Waals surface area contributed by atoms with Crippen LogP contribution in [-0.2, 0) is 0 Å². The Kier molecular flexibility index (Phi) is 4.63. The predicted molar refractivity (Wildman–Crippen MR) is 82.7 cm³/mol. The van der Waals surface area contributed by atoms with Crippen LogP contribution in [0.4, 0.5) is 5.82 Å². The molecule has 0 atom stereocenters. The number of aliphatic hydroxyl groups excluding tert-OH is 1. The lowest BCUT2D eigenvalue weighted by Gasteiger charge is -2.09. The second kappa shape index (κ2) is 6.81. The van der Waals surface area contributed by atoms with E-state index < -0.39 is 0 Å². The number of hydrogen-bond acceptors (Lipinski definition) is 6. The third-order valence-electron chi connectivity index (χ3n) is 2.89. The molecular formula is C16H12N4O2. The Morgan fingerprint density at radius 1 is 1.27 bits per heavy atom. The fourth-order valence-corrected chi connectivity index (χ4v) is 1.75. The smallest absolute Gasteiger partial charge is 0.199 e. The number of carbonyl (C=O) groups is 1. The Hall–Kier alpha value is -3.46. The van der Waals surface area contributed by atoms with Crippen LogP contribution in [0.25, 0.3) is 5.57 Å². The number of rotatable bonds is 5. The van der Waals surface area contributed by atoms with Crippen LogP contribution < -0.4 is 5.32 Å². The van der Waals surface area contributed by atoms with Crippen molar-refractivity contribution in [3.8, 4) is 6.07 Å². The summed E-state index contributed by atoms with van der Waals surface area (Å²) in [4.78, 5) is 14.5. The van der Waals surface area contributed by atoms with Gasteiger partial charge in [-0.2, -0.15) is 5.26 Å². The maximum absolute atomic E-state index is 10.6. The number of anilines is 1. The van der Waals surface area contributed by atoms with Crippen LogP contribution in [-0.4, -0.2) is 22.6 Å². The number of nitriles is 1. The molecule has 0 unspecified atom stereocenters. The first kappa shape index (κ1) is 14.9. The van der Waals surface area contributed by atoms with E-state index in [1.54, 1.807) is 36.4 Å². The highest BCUT2D eigenvalue weighted by molar-refractivity contribution is 6.09. The lowest BCUT2D eigenvalue weighted by atomic mass is 10.1. The van der Waals surface area contributed by atoms with E-state index in [1.807, 2.05) is 6.07 Å². The van der Waals surface area contributed by atoms with Gasteiger partial charge in [-0.25, -0.2) is 4.98 Å². The fraction of sp³-hybridized carbons (Fsp3) is 0. The van der Waals surface area contributed by atoms with E-state index >= 15 is 0 Å². The molecule has 0 saturated carbocycles. The summed E-state index contributed by atoms with van der Waals surface area (Å²) in [6.45, 7) is 0. The van der Waals surface area contributed by atoms with Gasteiger partial charge in [0.15, 0.2) is 12.2 Å². The van der Waals surface area contributed by atoms with Gasteiger partial charge in [-0.05, 0) is 29.8 Å². The largest absolute Gasteiger partial charge is 0.494 e. The molecule has 1 aromatic heterocycles. The summed E-state index contributed by atoms with van der Waals surface area (Å²) in [6, 6.07) is 11.6. The monoisotopic (exact) mass is 292 g/mol. The van der Waals surface area contributed by atoms with Gasteiger partial charge in [0.2, 0.25) is 0 Å². The topological polar surface area (TPSA) is 110 Å². The number of aromatic nitrogens is 1. The number of allylic oxidation sites excluding steroid dienone is 1. The first-order valence-corrected chi connectivity index (χ1v) is 6.30. The first-order valence-electron chi connectivity index (χ1n) is 6.30. The van der Waals surface area contributed by atoms with Crippen LogP contribution in [0.2, 0.25) is 0 Å². The third kappa shape index (κ3) is 3.35.